The number of nitrogens with zero attached hydrogens (tertiary/aromatic N) is 2. The normalized spacial score (nSPS) is 24.4. The molecule has 0 radical (unpaired) electrons. The van der Waals surface area contributed by atoms with Crippen LogP contribution in [-0.4, -0.2) is 63.9 Å². The Bertz CT molecular complexity index is 954. The summed E-state index contributed by atoms with van der Waals surface area (Å²) >= 11 is 0. The van der Waals surface area contributed by atoms with Gasteiger partial charge < -0.3 is 24.0 Å². The second-order valence-electron chi connectivity index (χ2n) is 8.57. The Balaban J connectivity index is 1.47. The first-order valence-corrected chi connectivity index (χ1v) is 10.7. The monoisotopic (exact) mass is 408 g/mol. The van der Waals surface area contributed by atoms with Crippen molar-refractivity contribution in [3.63, 3.8) is 0 Å². The van der Waals surface area contributed by atoms with Crippen molar-refractivity contribution in [2.24, 2.45) is 0 Å². The molecule has 1 saturated heterocycles. The molecular formula is C24H28N2O4. The number of carbonyl (C=O) groups is 1. The second kappa shape index (κ2) is 7.60. The van der Waals surface area contributed by atoms with E-state index >= 15 is 0 Å². The van der Waals surface area contributed by atoms with E-state index < -0.39 is 5.41 Å². The van der Waals surface area contributed by atoms with Crippen molar-refractivity contribution in [1.29, 1.82) is 0 Å². The van der Waals surface area contributed by atoms with Crippen LogP contribution in [0.25, 0.3) is 0 Å². The van der Waals surface area contributed by atoms with Gasteiger partial charge in [0.2, 0.25) is 5.91 Å². The maximum absolute atomic E-state index is 13.8. The Morgan fingerprint density at radius 2 is 2.07 bits per heavy atom. The van der Waals surface area contributed by atoms with Gasteiger partial charge in [0.05, 0.1) is 12.6 Å². The van der Waals surface area contributed by atoms with E-state index in [2.05, 4.69) is 11.0 Å². The van der Waals surface area contributed by atoms with Crippen molar-refractivity contribution in [1.82, 2.24) is 4.90 Å². The fraction of sp³-hybridized carbons (Fsp3) is 0.458. The zero-order chi connectivity index (χ0) is 20.7. The van der Waals surface area contributed by atoms with Gasteiger partial charge in [-0.15, -0.1) is 0 Å². The Labute approximate surface area is 177 Å². The summed E-state index contributed by atoms with van der Waals surface area (Å²) < 4.78 is 17.8. The maximum atomic E-state index is 13.8. The zero-order valence-electron chi connectivity index (χ0n) is 17.6. The molecule has 1 spiro atoms. The summed E-state index contributed by atoms with van der Waals surface area (Å²) in [5, 5.41) is 0. The molecular weight excluding hydrogens is 380 g/mol. The van der Waals surface area contributed by atoms with E-state index in [4.69, 9.17) is 14.2 Å². The Kier molecular flexibility index (Phi) is 4.91. The van der Waals surface area contributed by atoms with E-state index in [1.54, 1.807) is 0 Å². The van der Waals surface area contributed by atoms with Crippen LogP contribution >= 0.6 is 0 Å². The van der Waals surface area contributed by atoms with Gasteiger partial charge in [-0.25, -0.2) is 0 Å². The Hall–Kier alpha value is -2.57. The molecule has 158 valence electrons. The summed E-state index contributed by atoms with van der Waals surface area (Å²) in [6, 6.07) is 13.9. The molecule has 2 unspecified atom stereocenters. The standard InChI is InChI=1S/C24H28N2O4/c1-25(2)11-13-29-17-9-10-20-22(14-17)30-16-24(20)19-7-3-4-8-21(19)26(23(24)27)15-18-6-5-12-28-18/h3-4,7-10,14,18H,5-6,11-13,15-16H2,1-2H3. The van der Waals surface area contributed by atoms with Crippen LogP contribution in [0.2, 0.25) is 0 Å². The molecule has 2 atom stereocenters. The average Bonchev–Trinajstić information content (AvgIpc) is 3.44. The highest BCUT2D eigenvalue weighted by Crippen LogP contribution is 2.52. The summed E-state index contributed by atoms with van der Waals surface area (Å²) in [4.78, 5) is 17.8. The van der Waals surface area contributed by atoms with Crippen LogP contribution < -0.4 is 14.4 Å². The number of hydrogen-bond donors (Lipinski definition) is 0. The van der Waals surface area contributed by atoms with Crippen LogP contribution in [-0.2, 0) is 14.9 Å². The van der Waals surface area contributed by atoms with Gasteiger partial charge in [-0.3, -0.25) is 4.79 Å². The van der Waals surface area contributed by atoms with Crippen molar-refractivity contribution in [2.45, 2.75) is 24.4 Å². The van der Waals surface area contributed by atoms with E-state index in [1.165, 1.54) is 0 Å². The van der Waals surface area contributed by atoms with Gasteiger partial charge in [-0.2, -0.15) is 0 Å². The van der Waals surface area contributed by atoms with E-state index in [-0.39, 0.29) is 12.0 Å². The van der Waals surface area contributed by atoms with Crippen molar-refractivity contribution in [3.05, 3.63) is 53.6 Å². The van der Waals surface area contributed by atoms with Gasteiger partial charge in [0.15, 0.2) is 0 Å². The van der Waals surface area contributed by atoms with Crippen LogP contribution in [0.3, 0.4) is 0 Å². The molecule has 3 aliphatic heterocycles. The summed E-state index contributed by atoms with van der Waals surface area (Å²) in [7, 11) is 4.04. The Morgan fingerprint density at radius 3 is 2.87 bits per heavy atom. The van der Waals surface area contributed by atoms with Crippen molar-refractivity contribution in [3.8, 4) is 11.5 Å². The lowest BCUT2D eigenvalue weighted by molar-refractivity contribution is -0.122. The number of anilines is 1. The van der Waals surface area contributed by atoms with Crippen LogP contribution in [0.1, 0.15) is 24.0 Å². The molecule has 2 aromatic carbocycles. The number of fused-ring (bicyclic) bond motifs is 4. The van der Waals surface area contributed by atoms with Crippen molar-refractivity contribution < 1.29 is 19.0 Å². The Morgan fingerprint density at radius 1 is 1.20 bits per heavy atom. The van der Waals surface area contributed by atoms with E-state index in [0.717, 1.165) is 54.3 Å². The van der Waals surface area contributed by atoms with Crippen molar-refractivity contribution in [2.75, 3.05) is 51.9 Å². The molecule has 1 fully saturated rings. The number of hydrogen-bond acceptors (Lipinski definition) is 5. The van der Waals surface area contributed by atoms with Gasteiger partial charge in [0.1, 0.15) is 30.1 Å². The van der Waals surface area contributed by atoms with Gasteiger partial charge in [0.25, 0.3) is 0 Å². The van der Waals surface area contributed by atoms with Gasteiger partial charge in [-0.1, -0.05) is 24.3 Å². The smallest absolute Gasteiger partial charge is 0.245 e. The minimum atomic E-state index is -0.785. The second-order valence-corrected chi connectivity index (χ2v) is 8.57. The van der Waals surface area contributed by atoms with Crippen LogP contribution in [0.5, 0.6) is 11.5 Å². The molecule has 30 heavy (non-hydrogen) atoms. The third-order valence-electron chi connectivity index (χ3n) is 6.34. The van der Waals surface area contributed by atoms with Crippen LogP contribution in [0, 0.1) is 0 Å². The number of likely N-dealkylation sites (N-methyl/N-ethyl adjacent to an activating group) is 1. The van der Waals surface area contributed by atoms with E-state index in [1.807, 2.05) is 55.4 Å². The van der Waals surface area contributed by atoms with Gasteiger partial charge >= 0.3 is 0 Å². The van der Waals surface area contributed by atoms with E-state index in [0.29, 0.717) is 19.8 Å². The average molecular weight is 408 g/mol. The third-order valence-corrected chi connectivity index (χ3v) is 6.34. The molecule has 6 nitrogen and oxygen atoms in total. The SMILES string of the molecule is CN(C)CCOc1ccc2c(c1)OCC21C(=O)N(CC2CCCO2)c2ccccc21. The number of para-hydroxylation sites is 1. The van der Waals surface area contributed by atoms with Gasteiger partial charge in [-0.05, 0) is 44.6 Å². The molecule has 3 aliphatic rings. The van der Waals surface area contributed by atoms with Crippen LogP contribution in [0.4, 0.5) is 5.69 Å². The lowest BCUT2D eigenvalue weighted by Gasteiger charge is -2.24. The summed E-state index contributed by atoms with van der Waals surface area (Å²) in [5.74, 6) is 1.58. The molecule has 0 bridgehead atoms. The lowest BCUT2D eigenvalue weighted by Crippen LogP contribution is -2.44. The predicted octanol–water partition coefficient (Wildman–Crippen LogP) is 2.83. The van der Waals surface area contributed by atoms with Crippen molar-refractivity contribution >= 4 is 11.6 Å². The summed E-state index contributed by atoms with van der Waals surface area (Å²) in [6.07, 6.45) is 2.16. The first-order valence-electron chi connectivity index (χ1n) is 10.7. The topological polar surface area (TPSA) is 51.2 Å². The fourth-order valence-corrected chi connectivity index (χ4v) is 4.77. The van der Waals surface area contributed by atoms with Crippen LogP contribution in [0.15, 0.2) is 42.5 Å². The molecule has 1 amide bonds. The first kappa shape index (κ1) is 19.4. The molecule has 5 rings (SSSR count). The number of carbonyl (C=O) groups excluding carboxylic acids is 1. The number of amides is 1. The summed E-state index contributed by atoms with van der Waals surface area (Å²) in [5.41, 5.74) is 2.13. The molecule has 0 aliphatic carbocycles. The molecule has 0 saturated carbocycles. The highest BCUT2D eigenvalue weighted by Gasteiger charge is 2.57. The molecule has 2 aromatic rings. The predicted molar refractivity (Wildman–Crippen MR) is 115 cm³/mol. The molecule has 6 heteroatoms. The summed E-state index contributed by atoms with van der Waals surface area (Å²) in [6.45, 7) is 3.14. The number of rotatable bonds is 6. The number of ether oxygens (including phenoxy) is 3. The number of benzene rings is 2. The molecule has 0 aromatic heterocycles. The molecule has 3 heterocycles. The third kappa shape index (κ3) is 3.06. The van der Waals surface area contributed by atoms with Gasteiger partial charge in [0, 0.05) is 30.5 Å². The minimum absolute atomic E-state index is 0.0826. The molecule has 0 N–H and O–H groups in total. The fourth-order valence-electron chi connectivity index (χ4n) is 4.77. The first-order chi connectivity index (χ1) is 14.6. The quantitative estimate of drug-likeness (QED) is 0.736. The maximum Gasteiger partial charge on any atom is 0.245 e. The highest BCUT2D eigenvalue weighted by atomic mass is 16.5. The highest BCUT2D eigenvalue weighted by molar-refractivity contribution is 6.11. The zero-order valence-corrected chi connectivity index (χ0v) is 17.6. The lowest BCUT2D eigenvalue weighted by atomic mass is 9.77. The minimum Gasteiger partial charge on any atom is -0.492 e. The van der Waals surface area contributed by atoms with E-state index in [9.17, 15) is 4.79 Å². The largest absolute Gasteiger partial charge is 0.492 e.